The number of rotatable bonds is 3. The molecule has 1 fully saturated rings. The molecule has 2 N–H and O–H groups in total. The number of nitrogens with zero attached hydrogens (tertiary/aromatic N) is 1. The van der Waals surface area contributed by atoms with Gasteiger partial charge < -0.3 is 10.4 Å². The Balaban J connectivity index is 1.90. The first-order valence-corrected chi connectivity index (χ1v) is 7.09. The zero-order valence-electron chi connectivity index (χ0n) is 10.4. The molecule has 4 nitrogen and oxygen atoms in total. The average Bonchev–Trinajstić information content (AvgIpc) is 2.35. The molecule has 0 radical (unpaired) electrons. The predicted octanol–water partition coefficient (Wildman–Crippen LogP) is 2.67. The van der Waals surface area contributed by atoms with Crippen molar-refractivity contribution in [2.45, 2.75) is 31.8 Å². The number of halogens is 2. The zero-order chi connectivity index (χ0) is 13.8. The Bertz CT molecular complexity index is 448. The van der Waals surface area contributed by atoms with Gasteiger partial charge in [0.25, 0.3) is 5.91 Å². The normalized spacial score (nSPS) is 23.1. The number of pyridine rings is 1. The standard InChI is InChI=1S/C13H16Cl2N2O2/c14-11-5-9(6-12(15)17-11)13(19)16-7-8-2-1-3-10(18)4-8/h5-6,8,10,18H,1-4,7H2,(H,16,19). The summed E-state index contributed by atoms with van der Waals surface area (Å²) in [6.07, 6.45) is 3.42. The lowest BCUT2D eigenvalue weighted by molar-refractivity contribution is 0.0873. The molecule has 19 heavy (non-hydrogen) atoms. The van der Waals surface area contributed by atoms with Gasteiger partial charge in [0, 0.05) is 12.1 Å². The van der Waals surface area contributed by atoms with E-state index in [9.17, 15) is 9.90 Å². The summed E-state index contributed by atoms with van der Waals surface area (Å²) in [6, 6.07) is 2.97. The monoisotopic (exact) mass is 302 g/mol. The summed E-state index contributed by atoms with van der Waals surface area (Å²) in [5, 5.41) is 12.8. The Kier molecular flexibility index (Phi) is 5.02. The van der Waals surface area contributed by atoms with Crippen LogP contribution in [0, 0.1) is 5.92 Å². The quantitative estimate of drug-likeness (QED) is 0.844. The van der Waals surface area contributed by atoms with Gasteiger partial charge in [-0.2, -0.15) is 0 Å². The second-order valence-corrected chi connectivity index (χ2v) is 5.67. The number of amides is 1. The molecule has 1 aliphatic carbocycles. The van der Waals surface area contributed by atoms with Crippen molar-refractivity contribution in [3.63, 3.8) is 0 Å². The molecule has 0 aromatic carbocycles. The SMILES string of the molecule is O=C(NCC1CCCC(O)C1)c1cc(Cl)nc(Cl)c1. The Labute approximate surface area is 122 Å². The largest absolute Gasteiger partial charge is 0.393 e. The molecule has 1 aliphatic rings. The Morgan fingerprint density at radius 1 is 1.37 bits per heavy atom. The summed E-state index contributed by atoms with van der Waals surface area (Å²) in [7, 11) is 0. The summed E-state index contributed by atoms with van der Waals surface area (Å²) in [5.41, 5.74) is 0.404. The number of nitrogens with one attached hydrogen (secondary N) is 1. The topological polar surface area (TPSA) is 62.2 Å². The summed E-state index contributed by atoms with van der Waals surface area (Å²) in [6.45, 7) is 0.563. The lowest BCUT2D eigenvalue weighted by Gasteiger charge is -2.25. The molecule has 1 aromatic rings. The fourth-order valence-electron chi connectivity index (χ4n) is 2.38. The van der Waals surface area contributed by atoms with E-state index in [1.807, 2.05) is 0 Å². The molecule has 0 spiro atoms. The van der Waals surface area contributed by atoms with Crippen LogP contribution in [0.5, 0.6) is 0 Å². The zero-order valence-corrected chi connectivity index (χ0v) is 11.9. The van der Waals surface area contributed by atoms with Crippen molar-refractivity contribution in [3.05, 3.63) is 28.0 Å². The summed E-state index contributed by atoms with van der Waals surface area (Å²) < 4.78 is 0. The second kappa shape index (κ2) is 6.55. The molecule has 1 saturated carbocycles. The van der Waals surface area contributed by atoms with Crippen LogP contribution in [0.4, 0.5) is 0 Å². The average molecular weight is 303 g/mol. The molecule has 2 atom stereocenters. The van der Waals surface area contributed by atoms with Gasteiger partial charge in [-0.3, -0.25) is 4.79 Å². The predicted molar refractivity (Wildman–Crippen MR) is 74.6 cm³/mol. The molecule has 1 aromatic heterocycles. The van der Waals surface area contributed by atoms with Crippen molar-refractivity contribution in [2.24, 2.45) is 5.92 Å². The fourth-order valence-corrected chi connectivity index (χ4v) is 2.84. The summed E-state index contributed by atoms with van der Waals surface area (Å²) in [4.78, 5) is 15.7. The van der Waals surface area contributed by atoms with Crippen molar-refractivity contribution in [2.75, 3.05) is 6.54 Å². The lowest BCUT2D eigenvalue weighted by atomic mass is 9.87. The highest BCUT2D eigenvalue weighted by molar-refractivity contribution is 6.33. The highest BCUT2D eigenvalue weighted by Gasteiger charge is 2.20. The Morgan fingerprint density at radius 2 is 2.05 bits per heavy atom. The lowest BCUT2D eigenvalue weighted by Crippen LogP contribution is -2.33. The number of carbonyl (C=O) groups excluding carboxylic acids is 1. The maximum atomic E-state index is 12.0. The van der Waals surface area contributed by atoms with Crippen LogP contribution in [0.3, 0.4) is 0 Å². The minimum Gasteiger partial charge on any atom is -0.393 e. The van der Waals surface area contributed by atoms with Crippen molar-refractivity contribution < 1.29 is 9.90 Å². The van der Waals surface area contributed by atoms with E-state index in [-0.39, 0.29) is 22.3 Å². The number of aliphatic hydroxyl groups is 1. The van der Waals surface area contributed by atoms with E-state index >= 15 is 0 Å². The Hall–Kier alpha value is -0.840. The molecular weight excluding hydrogens is 287 g/mol. The molecule has 6 heteroatoms. The van der Waals surface area contributed by atoms with Gasteiger partial charge in [-0.25, -0.2) is 4.98 Å². The van der Waals surface area contributed by atoms with Crippen LogP contribution >= 0.6 is 23.2 Å². The van der Waals surface area contributed by atoms with Crippen LogP contribution in [0.2, 0.25) is 10.3 Å². The molecule has 2 rings (SSSR count). The van der Waals surface area contributed by atoms with Gasteiger partial charge >= 0.3 is 0 Å². The van der Waals surface area contributed by atoms with Crippen LogP contribution in [-0.2, 0) is 0 Å². The highest BCUT2D eigenvalue weighted by Crippen LogP contribution is 2.23. The van der Waals surface area contributed by atoms with Crippen molar-refractivity contribution in [1.82, 2.24) is 10.3 Å². The van der Waals surface area contributed by atoms with E-state index in [1.54, 1.807) is 0 Å². The third-order valence-corrected chi connectivity index (χ3v) is 3.72. The van der Waals surface area contributed by atoms with Crippen LogP contribution in [0.1, 0.15) is 36.0 Å². The third-order valence-electron chi connectivity index (χ3n) is 3.33. The molecule has 0 bridgehead atoms. The highest BCUT2D eigenvalue weighted by atomic mass is 35.5. The van der Waals surface area contributed by atoms with E-state index in [0.717, 1.165) is 25.7 Å². The Morgan fingerprint density at radius 3 is 2.68 bits per heavy atom. The van der Waals surface area contributed by atoms with Crippen molar-refractivity contribution in [3.8, 4) is 0 Å². The minimum atomic E-state index is -0.236. The first-order valence-electron chi connectivity index (χ1n) is 6.34. The van der Waals surface area contributed by atoms with Gasteiger partial charge in [0.05, 0.1) is 6.10 Å². The summed E-state index contributed by atoms with van der Waals surface area (Å²) in [5.74, 6) is 0.117. The van der Waals surface area contributed by atoms with E-state index in [1.165, 1.54) is 12.1 Å². The fraction of sp³-hybridized carbons (Fsp3) is 0.538. The third kappa shape index (κ3) is 4.34. The molecule has 2 unspecified atom stereocenters. The van der Waals surface area contributed by atoms with Gasteiger partial charge in [0.2, 0.25) is 0 Å². The summed E-state index contributed by atoms with van der Waals surface area (Å²) >= 11 is 11.5. The van der Waals surface area contributed by atoms with Gasteiger partial charge in [-0.05, 0) is 37.3 Å². The van der Waals surface area contributed by atoms with Crippen LogP contribution in [0.15, 0.2) is 12.1 Å². The van der Waals surface area contributed by atoms with Crippen LogP contribution < -0.4 is 5.32 Å². The van der Waals surface area contributed by atoms with E-state index in [2.05, 4.69) is 10.3 Å². The maximum Gasteiger partial charge on any atom is 0.251 e. The van der Waals surface area contributed by atoms with E-state index in [0.29, 0.717) is 18.0 Å². The van der Waals surface area contributed by atoms with Crippen LogP contribution in [0.25, 0.3) is 0 Å². The van der Waals surface area contributed by atoms with Gasteiger partial charge in [-0.15, -0.1) is 0 Å². The molecule has 1 heterocycles. The van der Waals surface area contributed by atoms with Crippen molar-refractivity contribution >= 4 is 29.1 Å². The number of hydrogen-bond donors (Lipinski definition) is 2. The first-order chi connectivity index (χ1) is 9.04. The van der Waals surface area contributed by atoms with E-state index < -0.39 is 0 Å². The first kappa shape index (κ1) is 14.6. The smallest absolute Gasteiger partial charge is 0.251 e. The number of carbonyl (C=O) groups is 1. The second-order valence-electron chi connectivity index (χ2n) is 4.90. The van der Waals surface area contributed by atoms with Crippen LogP contribution in [-0.4, -0.2) is 28.6 Å². The molecular formula is C13H16Cl2N2O2. The molecule has 0 aliphatic heterocycles. The molecule has 1 amide bonds. The van der Waals surface area contributed by atoms with Crippen molar-refractivity contribution in [1.29, 1.82) is 0 Å². The van der Waals surface area contributed by atoms with E-state index in [4.69, 9.17) is 23.2 Å². The molecule has 104 valence electrons. The molecule has 0 saturated heterocycles. The van der Waals surface area contributed by atoms with Gasteiger partial charge in [-0.1, -0.05) is 29.6 Å². The van der Waals surface area contributed by atoms with Gasteiger partial charge in [0.1, 0.15) is 10.3 Å². The number of aromatic nitrogens is 1. The van der Waals surface area contributed by atoms with Gasteiger partial charge in [0.15, 0.2) is 0 Å². The maximum absolute atomic E-state index is 12.0. The number of hydrogen-bond acceptors (Lipinski definition) is 3. The number of aliphatic hydroxyl groups excluding tert-OH is 1. The minimum absolute atomic E-state index is 0.200.